The minimum atomic E-state index is -0.182. The van der Waals surface area contributed by atoms with Crippen LogP contribution in [0.15, 0.2) is 11.5 Å². The van der Waals surface area contributed by atoms with E-state index in [0.29, 0.717) is 25.6 Å². The zero-order valence-corrected chi connectivity index (χ0v) is 12.8. The van der Waals surface area contributed by atoms with E-state index in [2.05, 4.69) is 15.5 Å². The number of rotatable bonds is 6. The minimum absolute atomic E-state index is 0.00920. The topological polar surface area (TPSA) is 80.1 Å². The van der Waals surface area contributed by atoms with Crippen LogP contribution in [0.25, 0.3) is 0 Å². The smallest absolute Gasteiger partial charge is 0.225 e. The number of amides is 2. The molecule has 8 heteroatoms. The second-order valence-corrected chi connectivity index (χ2v) is 6.60. The van der Waals surface area contributed by atoms with E-state index in [1.54, 1.807) is 18.1 Å². The average molecular weight is 309 g/mol. The molecule has 0 spiro atoms. The van der Waals surface area contributed by atoms with Crippen LogP contribution >= 0.6 is 11.8 Å². The quantitative estimate of drug-likeness (QED) is 0.592. The molecule has 0 aromatic carbocycles. The normalized spacial score (nSPS) is 21.9. The molecule has 2 fully saturated rings. The van der Waals surface area contributed by atoms with Crippen molar-refractivity contribution in [2.75, 3.05) is 18.8 Å². The van der Waals surface area contributed by atoms with Crippen molar-refractivity contribution in [1.29, 1.82) is 0 Å². The van der Waals surface area contributed by atoms with Gasteiger partial charge in [-0.25, -0.2) is 0 Å². The maximum Gasteiger partial charge on any atom is 0.225 e. The lowest BCUT2D eigenvalue weighted by molar-refractivity contribution is -0.129. The Labute approximate surface area is 127 Å². The van der Waals surface area contributed by atoms with Gasteiger partial charge in [0, 0.05) is 38.4 Å². The number of nitrogens with zero attached hydrogens (tertiary/aromatic N) is 4. The number of likely N-dealkylation sites (tertiary alicyclic amines) is 1. The molecule has 0 unspecified atom stereocenters. The number of aromatic nitrogens is 3. The van der Waals surface area contributed by atoms with Gasteiger partial charge >= 0.3 is 0 Å². The Morgan fingerprint density at radius 3 is 3.00 bits per heavy atom. The highest BCUT2D eigenvalue weighted by Gasteiger charge is 2.41. The van der Waals surface area contributed by atoms with Crippen LogP contribution in [-0.2, 0) is 16.6 Å². The van der Waals surface area contributed by atoms with E-state index < -0.39 is 0 Å². The van der Waals surface area contributed by atoms with Gasteiger partial charge in [0.15, 0.2) is 5.16 Å². The highest BCUT2D eigenvalue weighted by atomic mass is 32.2. The monoisotopic (exact) mass is 309 g/mol. The molecule has 7 nitrogen and oxygen atoms in total. The summed E-state index contributed by atoms with van der Waals surface area (Å²) in [7, 11) is 1.89. The Hall–Kier alpha value is -1.57. The van der Waals surface area contributed by atoms with Gasteiger partial charge in [-0.05, 0) is 12.8 Å². The largest absolute Gasteiger partial charge is 0.355 e. The first-order valence-corrected chi connectivity index (χ1v) is 8.17. The minimum Gasteiger partial charge on any atom is -0.355 e. The van der Waals surface area contributed by atoms with E-state index in [9.17, 15) is 9.59 Å². The van der Waals surface area contributed by atoms with Crippen LogP contribution in [0.1, 0.15) is 19.3 Å². The van der Waals surface area contributed by atoms with E-state index in [0.717, 1.165) is 23.8 Å². The van der Waals surface area contributed by atoms with E-state index in [-0.39, 0.29) is 17.7 Å². The van der Waals surface area contributed by atoms with Gasteiger partial charge in [0.2, 0.25) is 11.8 Å². The molecule has 1 N–H and O–H groups in total. The first-order valence-electron chi connectivity index (χ1n) is 7.19. The second kappa shape index (κ2) is 6.05. The summed E-state index contributed by atoms with van der Waals surface area (Å²) in [6.07, 6.45) is 4.19. The van der Waals surface area contributed by atoms with Crippen LogP contribution in [0.5, 0.6) is 0 Å². The molecule has 2 amide bonds. The number of nitrogens with one attached hydrogen (secondary N) is 1. The van der Waals surface area contributed by atoms with Crippen LogP contribution in [0, 0.1) is 5.92 Å². The Bertz CT molecular complexity index is 542. The lowest BCUT2D eigenvalue weighted by atomic mass is 10.1. The molecule has 1 atom stereocenters. The van der Waals surface area contributed by atoms with E-state index in [4.69, 9.17) is 0 Å². The molecule has 1 aliphatic heterocycles. The van der Waals surface area contributed by atoms with Crippen molar-refractivity contribution in [2.24, 2.45) is 13.0 Å². The number of thioether (sulfide) groups is 1. The van der Waals surface area contributed by atoms with Gasteiger partial charge in [0.05, 0.1) is 5.92 Å². The van der Waals surface area contributed by atoms with Crippen LogP contribution in [-0.4, -0.2) is 56.4 Å². The number of hydrogen-bond acceptors (Lipinski definition) is 5. The summed E-state index contributed by atoms with van der Waals surface area (Å²) in [6, 6.07) is 0.404. The van der Waals surface area contributed by atoms with Crippen molar-refractivity contribution in [3.05, 3.63) is 6.33 Å². The van der Waals surface area contributed by atoms with Crippen LogP contribution in [0.3, 0.4) is 0 Å². The zero-order valence-electron chi connectivity index (χ0n) is 12.0. The standard InChI is InChI=1S/C13H19N5O2S/c1-17-8-15-16-13(17)21-5-4-14-12(20)9-6-11(19)18(7-9)10-2-3-10/h8-10H,2-7H2,1H3,(H,14,20)/t9-/m0/s1. The van der Waals surface area contributed by atoms with Gasteiger partial charge < -0.3 is 14.8 Å². The van der Waals surface area contributed by atoms with Crippen molar-refractivity contribution in [3.8, 4) is 0 Å². The number of carbonyl (C=O) groups is 2. The van der Waals surface area contributed by atoms with Gasteiger partial charge in [-0.1, -0.05) is 11.8 Å². The van der Waals surface area contributed by atoms with Gasteiger partial charge in [-0.15, -0.1) is 10.2 Å². The fourth-order valence-corrected chi connectivity index (χ4v) is 3.25. The molecule has 0 bridgehead atoms. The molecule has 2 heterocycles. The zero-order chi connectivity index (χ0) is 14.8. The summed E-state index contributed by atoms with van der Waals surface area (Å²) >= 11 is 1.55. The summed E-state index contributed by atoms with van der Waals surface area (Å²) in [4.78, 5) is 25.8. The fourth-order valence-electron chi connectivity index (χ4n) is 2.51. The second-order valence-electron chi connectivity index (χ2n) is 5.54. The third-order valence-electron chi connectivity index (χ3n) is 3.82. The average Bonchev–Trinajstić information content (AvgIpc) is 3.11. The lowest BCUT2D eigenvalue weighted by Crippen LogP contribution is -2.34. The van der Waals surface area contributed by atoms with Crippen molar-refractivity contribution in [3.63, 3.8) is 0 Å². The summed E-state index contributed by atoms with van der Waals surface area (Å²) in [5.74, 6) is 0.680. The van der Waals surface area contributed by atoms with Crippen LogP contribution in [0.4, 0.5) is 0 Å². The Balaban J connectivity index is 1.38. The van der Waals surface area contributed by atoms with Crippen LogP contribution in [0.2, 0.25) is 0 Å². The predicted octanol–water partition coefficient (Wildman–Crippen LogP) is 0.0343. The molecule has 1 aliphatic carbocycles. The Morgan fingerprint density at radius 1 is 1.52 bits per heavy atom. The number of hydrogen-bond donors (Lipinski definition) is 1. The summed E-state index contributed by atoms with van der Waals surface area (Å²) in [5, 5.41) is 11.5. The number of carbonyl (C=O) groups excluding carboxylic acids is 2. The molecule has 1 aromatic heterocycles. The molecular weight excluding hydrogens is 290 g/mol. The van der Waals surface area contributed by atoms with Crippen molar-refractivity contribution in [2.45, 2.75) is 30.5 Å². The Morgan fingerprint density at radius 2 is 2.33 bits per heavy atom. The third kappa shape index (κ3) is 3.37. The summed E-state index contributed by atoms with van der Waals surface area (Å²) in [6.45, 7) is 1.16. The fraction of sp³-hybridized carbons (Fsp3) is 0.692. The molecule has 1 saturated carbocycles. The third-order valence-corrected chi connectivity index (χ3v) is 4.86. The van der Waals surface area contributed by atoms with Crippen LogP contribution < -0.4 is 5.32 Å². The molecule has 2 aliphatic rings. The highest BCUT2D eigenvalue weighted by molar-refractivity contribution is 7.99. The first-order chi connectivity index (χ1) is 10.1. The SMILES string of the molecule is Cn1cnnc1SCCNC(=O)[C@H]1CC(=O)N(C2CC2)C1. The summed E-state index contributed by atoms with van der Waals surface area (Å²) in [5.41, 5.74) is 0. The van der Waals surface area contributed by atoms with Crippen molar-refractivity contribution < 1.29 is 9.59 Å². The molecule has 1 aromatic rings. The molecule has 3 rings (SSSR count). The molecule has 114 valence electrons. The number of aryl methyl sites for hydroxylation is 1. The molecule has 21 heavy (non-hydrogen) atoms. The van der Waals surface area contributed by atoms with E-state index in [1.165, 1.54) is 0 Å². The predicted molar refractivity (Wildman–Crippen MR) is 77.6 cm³/mol. The maximum absolute atomic E-state index is 12.1. The van der Waals surface area contributed by atoms with Crippen molar-refractivity contribution >= 4 is 23.6 Å². The van der Waals surface area contributed by atoms with E-state index in [1.807, 2.05) is 16.5 Å². The van der Waals surface area contributed by atoms with Gasteiger partial charge in [0.1, 0.15) is 6.33 Å². The molecular formula is C13H19N5O2S. The van der Waals surface area contributed by atoms with Gasteiger partial charge in [0.25, 0.3) is 0 Å². The van der Waals surface area contributed by atoms with Crippen molar-refractivity contribution in [1.82, 2.24) is 25.0 Å². The highest BCUT2D eigenvalue weighted by Crippen LogP contribution is 2.32. The first kappa shape index (κ1) is 14.4. The molecule has 0 radical (unpaired) electrons. The lowest BCUT2D eigenvalue weighted by Gasteiger charge is -2.15. The van der Waals surface area contributed by atoms with Gasteiger partial charge in [-0.2, -0.15) is 0 Å². The van der Waals surface area contributed by atoms with E-state index >= 15 is 0 Å². The molecule has 1 saturated heterocycles. The Kier molecular flexibility index (Phi) is 4.14. The maximum atomic E-state index is 12.1. The summed E-state index contributed by atoms with van der Waals surface area (Å²) < 4.78 is 1.84. The van der Waals surface area contributed by atoms with Gasteiger partial charge in [-0.3, -0.25) is 9.59 Å².